The van der Waals surface area contributed by atoms with E-state index in [-0.39, 0.29) is 23.3 Å². The van der Waals surface area contributed by atoms with Crippen molar-refractivity contribution in [1.29, 1.82) is 0 Å². The van der Waals surface area contributed by atoms with Crippen LogP contribution in [0, 0.1) is 6.92 Å². The van der Waals surface area contributed by atoms with Gasteiger partial charge in [0.05, 0.1) is 5.56 Å². The van der Waals surface area contributed by atoms with Gasteiger partial charge in [-0.3, -0.25) is 4.79 Å². The molecule has 1 nitrogen and oxygen atoms in total. The van der Waals surface area contributed by atoms with E-state index < -0.39 is 11.7 Å². The SMILES string of the molecule is CCCC(=O)c1cccc(C(F)(F)F)c1C. The summed E-state index contributed by atoms with van der Waals surface area (Å²) in [6, 6.07) is 3.72. The Balaban J connectivity index is 3.19. The van der Waals surface area contributed by atoms with Gasteiger partial charge >= 0.3 is 6.18 Å². The highest BCUT2D eigenvalue weighted by Crippen LogP contribution is 2.33. The van der Waals surface area contributed by atoms with Crippen molar-refractivity contribution in [2.24, 2.45) is 0 Å². The number of rotatable bonds is 3. The summed E-state index contributed by atoms with van der Waals surface area (Å²) in [5.41, 5.74) is -0.528. The Labute approximate surface area is 92.3 Å². The van der Waals surface area contributed by atoms with Crippen molar-refractivity contribution < 1.29 is 18.0 Å². The molecule has 0 aliphatic rings. The second-order valence-electron chi connectivity index (χ2n) is 3.65. The number of hydrogen-bond donors (Lipinski definition) is 0. The number of benzene rings is 1. The van der Waals surface area contributed by atoms with Crippen LogP contribution < -0.4 is 0 Å². The Morgan fingerprint density at radius 1 is 1.31 bits per heavy atom. The molecule has 0 N–H and O–H groups in total. The van der Waals surface area contributed by atoms with Gasteiger partial charge in [0.2, 0.25) is 0 Å². The molecule has 0 saturated heterocycles. The number of halogens is 3. The van der Waals surface area contributed by atoms with Crippen molar-refractivity contribution in [1.82, 2.24) is 0 Å². The van der Waals surface area contributed by atoms with Gasteiger partial charge in [-0.15, -0.1) is 0 Å². The number of carbonyl (C=O) groups is 1. The van der Waals surface area contributed by atoms with Crippen molar-refractivity contribution in [2.45, 2.75) is 32.9 Å². The predicted molar refractivity (Wildman–Crippen MR) is 55.4 cm³/mol. The first kappa shape index (κ1) is 12.7. The van der Waals surface area contributed by atoms with Gasteiger partial charge in [0.15, 0.2) is 5.78 Å². The standard InChI is InChI=1S/C12H13F3O/c1-3-5-11(16)9-6-4-7-10(8(9)2)12(13,14)15/h4,6-7H,3,5H2,1-2H3. The smallest absolute Gasteiger partial charge is 0.294 e. The average Bonchev–Trinajstić information content (AvgIpc) is 2.16. The number of alkyl halides is 3. The molecule has 0 aromatic heterocycles. The van der Waals surface area contributed by atoms with Gasteiger partial charge in [-0.2, -0.15) is 13.2 Å². The maximum Gasteiger partial charge on any atom is 0.416 e. The molecule has 88 valence electrons. The molecule has 0 spiro atoms. The summed E-state index contributed by atoms with van der Waals surface area (Å²) >= 11 is 0. The van der Waals surface area contributed by atoms with Crippen LogP contribution in [0.15, 0.2) is 18.2 Å². The summed E-state index contributed by atoms with van der Waals surface area (Å²) in [6.45, 7) is 3.16. The lowest BCUT2D eigenvalue weighted by molar-refractivity contribution is -0.138. The summed E-state index contributed by atoms with van der Waals surface area (Å²) in [7, 11) is 0. The van der Waals surface area contributed by atoms with Gasteiger partial charge in [-0.1, -0.05) is 19.1 Å². The third-order valence-corrected chi connectivity index (χ3v) is 2.42. The first-order chi connectivity index (χ1) is 7.38. The molecule has 16 heavy (non-hydrogen) atoms. The molecule has 0 bridgehead atoms. The molecule has 0 heterocycles. The molecular weight excluding hydrogens is 217 g/mol. The second-order valence-corrected chi connectivity index (χ2v) is 3.65. The van der Waals surface area contributed by atoms with Crippen LogP contribution in [0.1, 0.15) is 41.3 Å². The lowest BCUT2D eigenvalue weighted by atomic mass is 9.97. The fourth-order valence-electron chi connectivity index (χ4n) is 1.61. The highest BCUT2D eigenvalue weighted by molar-refractivity contribution is 5.97. The minimum absolute atomic E-state index is 0.0217. The van der Waals surface area contributed by atoms with Crippen LogP contribution in [0.25, 0.3) is 0 Å². The van der Waals surface area contributed by atoms with Crippen LogP contribution in [0.5, 0.6) is 0 Å². The monoisotopic (exact) mass is 230 g/mol. The maximum absolute atomic E-state index is 12.6. The van der Waals surface area contributed by atoms with E-state index >= 15 is 0 Å². The first-order valence-electron chi connectivity index (χ1n) is 5.08. The minimum Gasteiger partial charge on any atom is -0.294 e. The van der Waals surface area contributed by atoms with E-state index in [0.717, 1.165) is 6.07 Å². The molecule has 0 amide bonds. The van der Waals surface area contributed by atoms with Gasteiger partial charge in [0.25, 0.3) is 0 Å². The van der Waals surface area contributed by atoms with Gasteiger partial charge in [0, 0.05) is 12.0 Å². The lowest BCUT2D eigenvalue weighted by Crippen LogP contribution is -2.11. The third-order valence-electron chi connectivity index (χ3n) is 2.42. The molecule has 0 saturated carbocycles. The van der Waals surface area contributed by atoms with E-state index in [1.54, 1.807) is 0 Å². The van der Waals surface area contributed by atoms with Gasteiger partial charge < -0.3 is 0 Å². The second kappa shape index (κ2) is 4.68. The number of ketones is 1. The summed E-state index contributed by atoms with van der Waals surface area (Å²) in [4.78, 5) is 11.6. The number of Topliss-reactive ketones (excluding diaryl/α,β-unsaturated/α-hetero) is 1. The molecule has 0 atom stereocenters. The van der Waals surface area contributed by atoms with E-state index in [2.05, 4.69) is 0 Å². The van der Waals surface area contributed by atoms with Crippen molar-refractivity contribution >= 4 is 5.78 Å². The van der Waals surface area contributed by atoms with Gasteiger partial charge in [-0.25, -0.2) is 0 Å². The summed E-state index contributed by atoms with van der Waals surface area (Å²) < 4.78 is 37.7. The predicted octanol–water partition coefficient (Wildman–Crippen LogP) is 4.00. The number of hydrogen-bond acceptors (Lipinski definition) is 1. The van der Waals surface area contributed by atoms with Crippen LogP contribution in [-0.2, 0) is 6.18 Å². The summed E-state index contributed by atoms with van der Waals surface area (Å²) in [5, 5.41) is 0. The molecule has 0 fully saturated rings. The molecule has 4 heteroatoms. The van der Waals surface area contributed by atoms with Gasteiger partial charge in [-0.05, 0) is 25.0 Å². The number of carbonyl (C=O) groups excluding carboxylic acids is 1. The largest absolute Gasteiger partial charge is 0.416 e. The quantitative estimate of drug-likeness (QED) is 0.717. The van der Waals surface area contributed by atoms with E-state index in [1.165, 1.54) is 19.1 Å². The Morgan fingerprint density at radius 3 is 2.44 bits per heavy atom. The van der Waals surface area contributed by atoms with E-state index in [9.17, 15) is 18.0 Å². The van der Waals surface area contributed by atoms with Crippen molar-refractivity contribution in [2.75, 3.05) is 0 Å². The fourth-order valence-corrected chi connectivity index (χ4v) is 1.61. The Kier molecular flexibility index (Phi) is 3.73. The van der Waals surface area contributed by atoms with E-state index in [1.807, 2.05) is 6.92 Å². The maximum atomic E-state index is 12.6. The van der Waals surface area contributed by atoms with Crippen LogP contribution in [0.4, 0.5) is 13.2 Å². The minimum atomic E-state index is -4.40. The average molecular weight is 230 g/mol. The van der Waals surface area contributed by atoms with Gasteiger partial charge in [0.1, 0.15) is 0 Å². The van der Waals surface area contributed by atoms with Crippen LogP contribution >= 0.6 is 0 Å². The molecule has 0 radical (unpaired) electrons. The Morgan fingerprint density at radius 2 is 1.94 bits per heavy atom. The third kappa shape index (κ3) is 2.62. The van der Waals surface area contributed by atoms with Crippen LogP contribution in [0.2, 0.25) is 0 Å². The molecule has 1 aromatic rings. The highest BCUT2D eigenvalue weighted by Gasteiger charge is 2.33. The molecule has 0 aliphatic heterocycles. The van der Waals surface area contributed by atoms with Crippen molar-refractivity contribution in [3.63, 3.8) is 0 Å². The molecule has 1 rings (SSSR count). The zero-order chi connectivity index (χ0) is 12.3. The first-order valence-corrected chi connectivity index (χ1v) is 5.08. The zero-order valence-electron chi connectivity index (χ0n) is 9.19. The van der Waals surface area contributed by atoms with Crippen LogP contribution in [-0.4, -0.2) is 5.78 Å². The lowest BCUT2D eigenvalue weighted by Gasteiger charge is -2.12. The molecular formula is C12H13F3O. The zero-order valence-corrected chi connectivity index (χ0v) is 9.19. The normalized spacial score (nSPS) is 11.6. The van der Waals surface area contributed by atoms with Crippen molar-refractivity contribution in [3.05, 3.63) is 34.9 Å². The summed E-state index contributed by atoms with van der Waals surface area (Å²) in [6.07, 6.45) is -3.48. The topological polar surface area (TPSA) is 17.1 Å². The van der Waals surface area contributed by atoms with E-state index in [0.29, 0.717) is 6.42 Å². The van der Waals surface area contributed by atoms with Crippen molar-refractivity contribution in [3.8, 4) is 0 Å². The molecule has 0 unspecified atom stereocenters. The summed E-state index contributed by atoms with van der Waals surface area (Å²) in [5.74, 6) is -0.230. The van der Waals surface area contributed by atoms with E-state index in [4.69, 9.17) is 0 Å². The Hall–Kier alpha value is -1.32. The molecule has 0 aliphatic carbocycles. The molecule has 1 aromatic carbocycles. The van der Waals surface area contributed by atoms with Crippen LogP contribution in [0.3, 0.4) is 0 Å². The fraction of sp³-hybridized carbons (Fsp3) is 0.417. The highest BCUT2D eigenvalue weighted by atomic mass is 19.4. The Bertz CT molecular complexity index is 394.